The molecule has 0 saturated carbocycles. The van der Waals surface area contributed by atoms with E-state index >= 15 is 0 Å². The van der Waals surface area contributed by atoms with E-state index in [0.29, 0.717) is 0 Å². The minimum absolute atomic E-state index is 0.199. The smallest absolute Gasteiger partial charge is 0.123 e. The number of hydrogen-bond donors (Lipinski definition) is 0. The average Bonchev–Trinajstić information content (AvgIpc) is 2.78. The predicted octanol–water partition coefficient (Wildman–Crippen LogP) is 8.76. The van der Waals surface area contributed by atoms with Crippen molar-refractivity contribution in [3.63, 3.8) is 0 Å². The van der Waals surface area contributed by atoms with Crippen molar-refractivity contribution >= 4 is 37.6 Å². The standard InChI is InChI=1S/C26H40Br2O2/c1-2-26(30-22-14-8-4-6-12-20-28)18-17-25(23-15-9-10-16-24(23)26)29-21-13-7-3-5-11-19-27/h9-10,15-17H,2-8,11-14,18-22H2,1H3. The van der Waals surface area contributed by atoms with Crippen LogP contribution in [0.5, 0.6) is 0 Å². The number of rotatable bonds is 17. The van der Waals surface area contributed by atoms with Crippen molar-refractivity contribution in [2.24, 2.45) is 0 Å². The van der Waals surface area contributed by atoms with Crippen LogP contribution in [0, 0.1) is 0 Å². The molecule has 170 valence electrons. The molecule has 0 bridgehead atoms. The molecule has 0 aromatic heterocycles. The molecule has 0 amide bonds. The van der Waals surface area contributed by atoms with Crippen LogP contribution in [-0.4, -0.2) is 23.9 Å². The number of benzene rings is 1. The molecule has 30 heavy (non-hydrogen) atoms. The van der Waals surface area contributed by atoms with E-state index in [4.69, 9.17) is 9.47 Å². The highest BCUT2D eigenvalue weighted by molar-refractivity contribution is 9.09. The summed E-state index contributed by atoms with van der Waals surface area (Å²) < 4.78 is 12.8. The maximum Gasteiger partial charge on any atom is 0.123 e. The molecule has 2 nitrogen and oxygen atoms in total. The van der Waals surface area contributed by atoms with Crippen LogP contribution in [0.15, 0.2) is 30.3 Å². The number of unbranched alkanes of at least 4 members (excludes halogenated alkanes) is 8. The third kappa shape index (κ3) is 8.31. The summed E-state index contributed by atoms with van der Waals surface area (Å²) in [7, 11) is 0. The first kappa shape index (κ1) is 25.9. The lowest BCUT2D eigenvalue weighted by molar-refractivity contribution is -0.0553. The molecule has 1 aromatic rings. The van der Waals surface area contributed by atoms with Gasteiger partial charge in [-0.15, -0.1) is 0 Å². The van der Waals surface area contributed by atoms with Crippen molar-refractivity contribution in [2.75, 3.05) is 23.9 Å². The van der Waals surface area contributed by atoms with Crippen LogP contribution in [0.25, 0.3) is 5.76 Å². The zero-order valence-electron chi connectivity index (χ0n) is 18.8. The van der Waals surface area contributed by atoms with Gasteiger partial charge in [-0.2, -0.15) is 0 Å². The molecule has 1 unspecified atom stereocenters. The first-order chi connectivity index (χ1) is 14.8. The number of halogens is 2. The van der Waals surface area contributed by atoms with Gasteiger partial charge in [0, 0.05) is 29.3 Å². The molecule has 2 rings (SSSR count). The molecule has 4 heteroatoms. The second kappa shape index (κ2) is 15.5. The number of alkyl halides is 2. The fourth-order valence-electron chi connectivity index (χ4n) is 4.19. The Balaban J connectivity index is 1.87. The summed E-state index contributed by atoms with van der Waals surface area (Å²) in [5.74, 6) is 1.05. The van der Waals surface area contributed by atoms with Crippen LogP contribution < -0.4 is 0 Å². The Morgan fingerprint density at radius 1 is 0.800 bits per heavy atom. The Kier molecular flexibility index (Phi) is 13.4. The Hall–Kier alpha value is -0.320. The molecular formula is C26H40Br2O2. The van der Waals surface area contributed by atoms with Crippen LogP contribution in [0.2, 0.25) is 0 Å². The Labute approximate surface area is 201 Å². The zero-order valence-corrected chi connectivity index (χ0v) is 21.9. The fraction of sp³-hybridized carbons (Fsp3) is 0.692. The van der Waals surface area contributed by atoms with Gasteiger partial charge in [0.05, 0.1) is 12.2 Å². The second-order valence-corrected chi connectivity index (χ2v) is 9.86. The van der Waals surface area contributed by atoms with Gasteiger partial charge in [-0.1, -0.05) is 102 Å². The molecule has 0 radical (unpaired) electrons. The van der Waals surface area contributed by atoms with Crippen molar-refractivity contribution in [1.29, 1.82) is 0 Å². The van der Waals surface area contributed by atoms with Gasteiger partial charge in [-0.3, -0.25) is 0 Å². The summed E-state index contributed by atoms with van der Waals surface area (Å²) in [6.07, 6.45) is 16.7. The lowest BCUT2D eigenvalue weighted by Gasteiger charge is -2.37. The summed E-state index contributed by atoms with van der Waals surface area (Å²) in [6.45, 7) is 3.90. The van der Waals surface area contributed by atoms with E-state index in [1.807, 2.05) is 0 Å². The molecule has 0 fully saturated rings. The summed E-state index contributed by atoms with van der Waals surface area (Å²) in [5.41, 5.74) is 2.33. The van der Waals surface area contributed by atoms with Crippen LogP contribution in [0.1, 0.15) is 95.1 Å². The highest BCUT2D eigenvalue weighted by Gasteiger charge is 2.36. The minimum Gasteiger partial charge on any atom is -0.493 e. The predicted molar refractivity (Wildman–Crippen MR) is 137 cm³/mol. The third-order valence-corrected chi connectivity index (χ3v) is 7.19. The maximum absolute atomic E-state index is 6.57. The van der Waals surface area contributed by atoms with Crippen LogP contribution in [0.4, 0.5) is 0 Å². The topological polar surface area (TPSA) is 18.5 Å². The Morgan fingerprint density at radius 3 is 2.07 bits per heavy atom. The lowest BCUT2D eigenvalue weighted by Crippen LogP contribution is -2.32. The summed E-state index contributed by atoms with van der Waals surface area (Å²) in [6, 6.07) is 8.70. The van der Waals surface area contributed by atoms with E-state index in [1.54, 1.807) is 0 Å². The zero-order chi connectivity index (χ0) is 21.5. The molecule has 0 aliphatic heterocycles. The number of ether oxygens (including phenoxy) is 2. The average molecular weight is 544 g/mol. The highest BCUT2D eigenvalue weighted by atomic mass is 79.9. The van der Waals surface area contributed by atoms with Crippen LogP contribution >= 0.6 is 31.9 Å². The van der Waals surface area contributed by atoms with E-state index in [1.165, 1.54) is 62.5 Å². The quantitative estimate of drug-likeness (QED) is 0.144. The van der Waals surface area contributed by atoms with Crippen molar-refractivity contribution in [1.82, 2.24) is 0 Å². The molecule has 1 aliphatic carbocycles. The lowest BCUT2D eigenvalue weighted by atomic mass is 9.80. The summed E-state index contributed by atoms with van der Waals surface area (Å²) in [5, 5.41) is 2.23. The van der Waals surface area contributed by atoms with Crippen LogP contribution in [-0.2, 0) is 15.1 Å². The van der Waals surface area contributed by atoms with E-state index < -0.39 is 0 Å². The molecule has 1 aliphatic rings. The monoisotopic (exact) mass is 542 g/mol. The van der Waals surface area contributed by atoms with Crippen molar-refractivity contribution < 1.29 is 9.47 Å². The first-order valence-corrected chi connectivity index (χ1v) is 14.2. The van der Waals surface area contributed by atoms with Crippen molar-refractivity contribution in [3.8, 4) is 0 Å². The van der Waals surface area contributed by atoms with Gasteiger partial charge in [-0.05, 0) is 43.7 Å². The normalized spacial score (nSPS) is 18.2. The van der Waals surface area contributed by atoms with Crippen LogP contribution in [0.3, 0.4) is 0 Å². The summed E-state index contributed by atoms with van der Waals surface area (Å²) >= 11 is 7.01. The molecule has 0 saturated heterocycles. The molecular weight excluding hydrogens is 504 g/mol. The highest BCUT2D eigenvalue weighted by Crippen LogP contribution is 2.43. The number of hydrogen-bond acceptors (Lipinski definition) is 2. The van der Waals surface area contributed by atoms with E-state index in [2.05, 4.69) is 69.1 Å². The Morgan fingerprint density at radius 2 is 1.40 bits per heavy atom. The molecule has 0 N–H and O–H groups in total. The van der Waals surface area contributed by atoms with Gasteiger partial charge in [0.1, 0.15) is 5.76 Å². The van der Waals surface area contributed by atoms with Gasteiger partial charge < -0.3 is 9.47 Å². The van der Waals surface area contributed by atoms with Crippen molar-refractivity contribution in [3.05, 3.63) is 41.5 Å². The molecule has 1 atom stereocenters. The van der Waals surface area contributed by atoms with Crippen molar-refractivity contribution in [2.45, 2.75) is 89.6 Å². The molecule has 1 aromatic carbocycles. The minimum atomic E-state index is -0.199. The van der Waals surface area contributed by atoms with Gasteiger partial charge in [0.2, 0.25) is 0 Å². The van der Waals surface area contributed by atoms with Gasteiger partial charge >= 0.3 is 0 Å². The van der Waals surface area contributed by atoms with E-state index in [0.717, 1.165) is 55.3 Å². The SMILES string of the molecule is CCC1(OCCCCCCCBr)CC=C(OCCCCCCCBr)c2ccccc21. The summed E-state index contributed by atoms with van der Waals surface area (Å²) in [4.78, 5) is 0. The molecule has 0 spiro atoms. The third-order valence-electron chi connectivity index (χ3n) is 6.06. The van der Waals surface area contributed by atoms with Gasteiger partial charge in [0.15, 0.2) is 0 Å². The van der Waals surface area contributed by atoms with Gasteiger partial charge in [-0.25, -0.2) is 0 Å². The van der Waals surface area contributed by atoms with Gasteiger partial charge in [0.25, 0.3) is 0 Å². The largest absolute Gasteiger partial charge is 0.493 e. The maximum atomic E-state index is 6.57. The first-order valence-electron chi connectivity index (χ1n) is 12.0. The Bertz CT molecular complexity index is 617. The fourth-order valence-corrected chi connectivity index (χ4v) is 4.98. The van der Waals surface area contributed by atoms with E-state index in [9.17, 15) is 0 Å². The van der Waals surface area contributed by atoms with E-state index in [-0.39, 0.29) is 5.60 Å². The second-order valence-electron chi connectivity index (χ2n) is 8.28. The number of fused-ring (bicyclic) bond motifs is 1. The molecule has 0 heterocycles.